The van der Waals surface area contributed by atoms with Gasteiger partial charge in [0.15, 0.2) is 5.82 Å². The molecule has 2 heterocycles. The zero-order chi connectivity index (χ0) is 20.5. The van der Waals surface area contributed by atoms with E-state index in [9.17, 15) is 18.3 Å². The number of alkyl halides is 3. The molecule has 3 rings (SSSR count). The van der Waals surface area contributed by atoms with E-state index in [0.717, 1.165) is 32.0 Å². The number of hydrogen-bond acceptors (Lipinski definition) is 7. The number of benzene rings is 1. The lowest BCUT2D eigenvalue weighted by atomic mass is 10.1. The Kier molecular flexibility index (Phi) is 5.59. The van der Waals surface area contributed by atoms with Crippen molar-refractivity contribution in [2.24, 2.45) is 0 Å². The van der Waals surface area contributed by atoms with Gasteiger partial charge < -0.3 is 20.2 Å². The second-order valence-corrected chi connectivity index (χ2v) is 7.18. The molecule has 7 nitrogen and oxygen atoms in total. The Morgan fingerprint density at radius 2 is 2.00 bits per heavy atom. The Hall–Kier alpha value is -2.62. The summed E-state index contributed by atoms with van der Waals surface area (Å²) in [6, 6.07) is 2.96. The molecule has 152 valence electrons. The van der Waals surface area contributed by atoms with Crippen LogP contribution in [0.5, 0.6) is 5.75 Å². The molecule has 0 radical (unpaired) electrons. The third-order valence-corrected chi connectivity index (χ3v) is 4.63. The number of phenols is 1. The topological polar surface area (TPSA) is 77.4 Å². The SMILES string of the molecule is CN1CCC[C@@H](Nc2nnc(-c3ccc(C(F)(F)F)cc3O)c(N(C)C)n2)C1. The van der Waals surface area contributed by atoms with Crippen LogP contribution in [0.25, 0.3) is 11.3 Å². The minimum Gasteiger partial charge on any atom is -0.507 e. The average molecular weight is 396 g/mol. The molecule has 0 unspecified atom stereocenters. The van der Waals surface area contributed by atoms with Crippen LogP contribution in [0.4, 0.5) is 24.9 Å². The van der Waals surface area contributed by atoms with E-state index in [-0.39, 0.29) is 17.3 Å². The molecule has 1 atom stereocenters. The van der Waals surface area contributed by atoms with Crippen LogP contribution in [0.15, 0.2) is 18.2 Å². The van der Waals surface area contributed by atoms with Gasteiger partial charge in [0.2, 0.25) is 5.95 Å². The number of aromatic hydroxyl groups is 1. The molecule has 2 N–H and O–H groups in total. The van der Waals surface area contributed by atoms with Gasteiger partial charge in [-0.05, 0) is 44.6 Å². The summed E-state index contributed by atoms with van der Waals surface area (Å²) in [6.07, 6.45) is -2.47. The molecule has 28 heavy (non-hydrogen) atoms. The van der Waals surface area contributed by atoms with Crippen molar-refractivity contribution in [3.8, 4) is 17.0 Å². The van der Waals surface area contributed by atoms with Crippen LogP contribution in [0.3, 0.4) is 0 Å². The number of piperidine rings is 1. The highest BCUT2D eigenvalue weighted by atomic mass is 19.4. The van der Waals surface area contributed by atoms with E-state index >= 15 is 0 Å². The Bertz CT molecular complexity index is 843. The number of nitrogens with zero attached hydrogens (tertiary/aromatic N) is 5. The lowest BCUT2D eigenvalue weighted by Crippen LogP contribution is -2.40. The van der Waals surface area contributed by atoms with Crippen molar-refractivity contribution in [3.63, 3.8) is 0 Å². The minimum atomic E-state index is -4.54. The van der Waals surface area contributed by atoms with E-state index in [1.807, 2.05) is 0 Å². The predicted molar refractivity (Wildman–Crippen MR) is 100 cm³/mol. The quantitative estimate of drug-likeness (QED) is 0.823. The van der Waals surface area contributed by atoms with Crippen LogP contribution in [0.2, 0.25) is 0 Å². The fourth-order valence-corrected chi connectivity index (χ4v) is 3.24. The van der Waals surface area contributed by atoms with Crippen molar-refractivity contribution in [1.29, 1.82) is 0 Å². The first kappa shape index (κ1) is 20.1. The van der Waals surface area contributed by atoms with Crippen molar-refractivity contribution in [1.82, 2.24) is 20.1 Å². The van der Waals surface area contributed by atoms with Gasteiger partial charge in [-0.15, -0.1) is 10.2 Å². The van der Waals surface area contributed by atoms with Gasteiger partial charge in [-0.25, -0.2) is 0 Å². The van der Waals surface area contributed by atoms with Crippen LogP contribution >= 0.6 is 0 Å². The maximum atomic E-state index is 12.8. The molecular formula is C18H23F3N6O. The molecule has 1 fully saturated rings. The summed E-state index contributed by atoms with van der Waals surface area (Å²) in [7, 11) is 5.54. The Morgan fingerprint density at radius 3 is 2.61 bits per heavy atom. The summed E-state index contributed by atoms with van der Waals surface area (Å²) < 4.78 is 38.5. The third-order valence-electron chi connectivity index (χ3n) is 4.63. The molecule has 1 aliphatic heterocycles. The number of nitrogens with one attached hydrogen (secondary N) is 1. The number of anilines is 2. The van der Waals surface area contributed by atoms with E-state index in [0.29, 0.717) is 17.8 Å². The Labute approximate surface area is 161 Å². The van der Waals surface area contributed by atoms with E-state index in [2.05, 4.69) is 32.4 Å². The molecule has 1 aromatic carbocycles. The Balaban J connectivity index is 1.91. The van der Waals surface area contributed by atoms with Gasteiger partial charge in [0.1, 0.15) is 11.4 Å². The van der Waals surface area contributed by atoms with Crippen molar-refractivity contribution in [2.75, 3.05) is 44.4 Å². The van der Waals surface area contributed by atoms with E-state index in [1.165, 1.54) is 6.07 Å². The van der Waals surface area contributed by atoms with Crippen LogP contribution < -0.4 is 10.2 Å². The summed E-state index contributed by atoms with van der Waals surface area (Å²) in [4.78, 5) is 8.37. The molecular weight excluding hydrogens is 373 g/mol. The number of rotatable bonds is 4. The third kappa shape index (κ3) is 4.44. The van der Waals surface area contributed by atoms with Crippen LogP contribution in [-0.4, -0.2) is 65.5 Å². The summed E-state index contributed by atoms with van der Waals surface area (Å²) in [5, 5.41) is 21.6. The number of likely N-dealkylation sites (N-methyl/N-ethyl adjacent to an activating group) is 1. The van der Waals surface area contributed by atoms with Gasteiger partial charge in [-0.1, -0.05) is 0 Å². The molecule has 1 aromatic heterocycles. The largest absolute Gasteiger partial charge is 0.507 e. The number of likely N-dealkylation sites (tertiary alicyclic amines) is 1. The van der Waals surface area contributed by atoms with Crippen molar-refractivity contribution in [3.05, 3.63) is 23.8 Å². The molecule has 0 bridgehead atoms. The van der Waals surface area contributed by atoms with Gasteiger partial charge in [0, 0.05) is 32.2 Å². The fourth-order valence-electron chi connectivity index (χ4n) is 3.24. The van der Waals surface area contributed by atoms with Crippen molar-refractivity contribution < 1.29 is 18.3 Å². The zero-order valence-electron chi connectivity index (χ0n) is 16.0. The first-order valence-corrected chi connectivity index (χ1v) is 8.93. The van der Waals surface area contributed by atoms with Crippen molar-refractivity contribution >= 4 is 11.8 Å². The van der Waals surface area contributed by atoms with Crippen LogP contribution in [0.1, 0.15) is 18.4 Å². The molecule has 2 aromatic rings. The lowest BCUT2D eigenvalue weighted by Gasteiger charge is -2.30. The van der Waals surface area contributed by atoms with Crippen LogP contribution in [0, 0.1) is 0 Å². The average Bonchev–Trinajstić information content (AvgIpc) is 2.61. The normalized spacial score (nSPS) is 18.1. The number of aromatic nitrogens is 3. The smallest absolute Gasteiger partial charge is 0.416 e. The first-order valence-electron chi connectivity index (χ1n) is 8.93. The Morgan fingerprint density at radius 1 is 1.25 bits per heavy atom. The summed E-state index contributed by atoms with van der Waals surface area (Å²) in [5.41, 5.74) is -0.580. The van der Waals surface area contributed by atoms with Crippen LogP contribution in [-0.2, 0) is 6.18 Å². The summed E-state index contributed by atoms with van der Waals surface area (Å²) in [6.45, 7) is 1.91. The van der Waals surface area contributed by atoms with E-state index in [1.54, 1.807) is 19.0 Å². The molecule has 1 saturated heterocycles. The standard InChI is InChI=1S/C18H23F3N6O/c1-26(2)16-15(13-7-6-11(9-14(13)28)18(19,20)21)24-25-17(23-16)22-12-5-4-8-27(3)10-12/h6-7,9,12,28H,4-5,8,10H2,1-3H3,(H,22,23,25)/t12-/m1/s1. The molecule has 0 spiro atoms. The van der Waals surface area contributed by atoms with Gasteiger partial charge in [-0.2, -0.15) is 18.2 Å². The summed E-state index contributed by atoms with van der Waals surface area (Å²) in [5.74, 6) is 0.222. The maximum Gasteiger partial charge on any atom is 0.416 e. The predicted octanol–water partition coefficient (Wildman–Crippen LogP) is 2.84. The maximum absolute atomic E-state index is 12.8. The van der Waals surface area contributed by atoms with Gasteiger partial charge in [0.05, 0.1) is 5.56 Å². The fraction of sp³-hybridized carbons (Fsp3) is 0.500. The van der Waals surface area contributed by atoms with E-state index in [4.69, 9.17) is 0 Å². The van der Waals surface area contributed by atoms with Gasteiger partial charge >= 0.3 is 6.18 Å². The molecule has 0 saturated carbocycles. The highest BCUT2D eigenvalue weighted by Crippen LogP contribution is 2.38. The van der Waals surface area contributed by atoms with Crippen molar-refractivity contribution in [2.45, 2.75) is 25.1 Å². The minimum absolute atomic E-state index is 0.139. The molecule has 0 amide bonds. The molecule has 10 heteroatoms. The number of hydrogen-bond donors (Lipinski definition) is 2. The number of halogens is 3. The molecule has 0 aliphatic carbocycles. The highest BCUT2D eigenvalue weighted by Gasteiger charge is 2.31. The highest BCUT2D eigenvalue weighted by molar-refractivity contribution is 5.77. The first-order chi connectivity index (χ1) is 13.1. The second-order valence-electron chi connectivity index (χ2n) is 7.18. The van der Waals surface area contributed by atoms with Gasteiger partial charge in [-0.3, -0.25) is 0 Å². The summed E-state index contributed by atoms with van der Waals surface area (Å²) >= 11 is 0. The zero-order valence-corrected chi connectivity index (χ0v) is 16.0. The van der Waals surface area contributed by atoms with E-state index < -0.39 is 17.5 Å². The monoisotopic (exact) mass is 396 g/mol. The van der Waals surface area contributed by atoms with Gasteiger partial charge in [0.25, 0.3) is 0 Å². The number of phenolic OH excluding ortho intramolecular Hbond substituents is 1. The lowest BCUT2D eigenvalue weighted by molar-refractivity contribution is -0.137. The molecule has 1 aliphatic rings. The second kappa shape index (κ2) is 7.78.